The zero-order valence-corrected chi connectivity index (χ0v) is 6.20. The summed E-state index contributed by atoms with van der Waals surface area (Å²) in [6.07, 6.45) is -3.80. The van der Waals surface area contributed by atoms with Crippen LogP contribution in [0.1, 0.15) is 0 Å². The van der Waals surface area contributed by atoms with Gasteiger partial charge in [0.2, 0.25) is 0 Å². The van der Waals surface area contributed by atoms with Crippen LogP contribution in [0.25, 0.3) is 0 Å². The molecule has 0 rings (SSSR count). The van der Waals surface area contributed by atoms with Crippen molar-refractivity contribution in [3.63, 3.8) is 0 Å². The molecule has 5 heteroatoms. The summed E-state index contributed by atoms with van der Waals surface area (Å²) in [5.74, 6) is 0. The van der Waals surface area contributed by atoms with Crippen molar-refractivity contribution in [2.24, 2.45) is 0 Å². The van der Waals surface area contributed by atoms with Crippen LogP contribution in [0.3, 0.4) is 0 Å². The molecule has 64 valence electrons. The molecule has 0 nitrogen and oxygen atoms in total. The molecule has 0 saturated carbocycles. The quantitative estimate of drug-likeness (QED) is 0.607. The van der Waals surface area contributed by atoms with Crippen LogP contribution in [0.4, 0.5) is 17.6 Å². The molecule has 0 aromatic rings. The van der Waals surface area contributed by atoms with Gasteiger partial charge in [0.05, 0.1) is 0 Å². The lowest BCUT2D eigenvalue weighted by Crippen LogP contribution is -1.78. The highest BCUT2D eigenvalue weighted by molar-refractivity contribution is 8.04. The van der Waals surface area contributed by atoms with Gasteiger partial charge < -0.3 is 0 Å². The summed E-state index contributed by atoms with van der Waals surface area (Å²) in [5.41, 5.74) is 0. The summed E-state index contributed by atoms with van der Waals surface area (Å²) in [6.45, 7) is 0. The van der Waals surface area contributed by atoms with Gasteiger partial charge in [-0.05, 0) is 23.0 Å². The van der Waals surface area contributed by atoms with Crippen molar-refractivity contribution in [2.45, 2.75) is 12.9 Å². The predicted octanol–water partition coefficient (Wildman–Crippen LogP) is 3.28. The van der Waals surface area contributed by atoms with Crippen LogP contribution >= 0.6 is 11.8 Å². The van der Waals surface area contributed by atoms with E-state index < -0.39 is 12.9 Å². The molecule has 11 heavy (non-hydrogen) atoms. The lowest BCUT2D eigenvalue weighted by Gasteiger charge is -1.85. The molecule has 0 aliphatic rings. The first-order valence-electron chi connectivity index (χ1n) is 2.68. The van der Waals surface area contributed by atoms with E-state index in [4.69, 9.17) is 0 Å². The molecule has 0 radical (unpaired) electrons. The first-order chi connectivity index (χ1) is 5.13. The zero-order chi connectivity index (χ0) is 8.69. The molecule has 0 N–H and O–H groups in total. The Labute approximate surface area is 66.0 Å². The van der Waals surface area contributed by atoms with Crippen molar-refractivity contribution >= 4 is 11.8 Å². The smallest absolute Gasteiger partial charge is 0.206 e. The van der Waals surface area contributed by atoms with Crippen molar-refractivity contribution in [3.8, 4) is 0 Å². The second-order valence-corrected chi connectivity index (χ2v) is 2.28. The van der Waals surface area contributed by atoms with Gasteiger partial charge in [0.1, 0.15) is 0 Å². The molecule has 0 bridgehead atoms. The Kier molecular flexibility index (Phi) is 6.02. The fraction of sp³-hybridized carbons (Fsp3) is 0.333. The Morgan fingerprint density at radius 3 is 1.45 bits per heavy atom. The van der Waals surface area contributed by atoms with Crippen LogP contribution in [0.5, 0.6) is 0 Å². The first kappa shape index (κ1) is 10.6. The van der Waals surface area contributed by atoms with E-state index in [-0.39, 0.29) is 0 Å². The molecule has 0 atom stereocenters. The minimum absolute atomic E-state index is 0.625. The number of allylic oxidation sites excluding steroid dienone is 2. The van der Waals surface area contributed by atoms with Gasteiger partial charge in [0.25, 0.3) is 12.9 Å². The van der Waals surface area contributed by atoms with Crippen LogP contribution in [0.15, 0.2) is 23.0 Å². The number of alkyl halides is 4. The van der Waals surface area contributed by atoms with E-state index in [1.807, 2.05) is 0 Å². The van der Waals surface area contributed by atoms with Crippen LogP contribution in [-0.4, -0.2) is 12.9 Å². The maximum absolute atomic E-state index is 11.3. The van der Waals surface area contributed by atoms with E-state index in [0.29, 0.717) is 12.2 Å². The Balaban J connectivity index is 3.41. The largest absolute Gasteiger partial charge is 0.257 e. The summed E-state index contributed by atoms with van der Waals surface area (Å²) in [7, 11) is 0. The topological polar surface area (TPSA) is 0 Å². The van der Waals surface area contributed by atoms with E-state index in [1.165, 1.54) is 0 Å². The van der Waals surface area contributed by atoms with Crippen molar-refractivity contribution in [1.29, 1.82) is 0 Å². The third-order valence-electron chi connectivity index (χ3n) is 0.605. The highest BCUT2D eigenvalue weighted by Gasteiger charge is 1.92. The Morgan fingerprint density at radius 2 is 1.18 bits per heavy atom. The number of hydrogen-bond acceptors (Lipinski definition) is 1. The van der Waals surface area contributed by atoms with Crippen LogP contribution in [-0.2, 0) is 0 Å². The molecular weight excluding hydrogens is 180 g/mol. The minimum atomic E-state index is -2.53. The predicted molar refractivity (Wildman–Crippen MR) is 37.9 cm³/mol. The average molecular weight is 186 g/mol. The first-order valence-corrected chi connectivity index (χ1v) is 3.62. The molecular formula is C6H6F4S. The third kappa shape index (κ3) is 9.55. The highest BCUT2D eigenvalue weighted by Crippen LogP contribution is 2.08. The summed E-state index contributed by atoms with van der Waals surface area (Å²) in [6, 6.07) is 0. The maximum atomic E-state index is 11.3. The normalized spacial score (nSPS) is 12.9. The third-order valence-corrected chi connectivity index (χ3v) is 1.23. The van der Waals surface area contributed by atoms with Gasteiger partial charge in [-0.25, -0.2) is 17.6 Å². The van der Waals surface area contributed by atoms with Crippen LogP contribution in [0.2, 0.25) is 0 Å². The standard InChI is InChI=1S/C6H6F4S/c7-5(8)1-3-11-4-2-6(9)10/h1-6H. The van der Waals surface area contributed by atoms with Crippen molar-refractivity contribution in [3.05, 3.63) is 23.0 Å². The van der Waals surface area contributed by atoms with Gasteiger partial charge in [-0.2, -0.15) is 0 Å². The van der Waals surface area contributed by atoms with Crippen molar-refractivity contribution < 1.29 is 17.6 Å². The number of thioether (sulfide) groups is 1. The van der Waals surface area contributed by atoms with Crippen LogP contribution < -0.4 is 0 Å². The lowest BCUT2D eigenvalue weighted by molar-refractivity contribution is 0.204. The number of rotatable bonds is 4. The average Bonchev–Trinajstić information content (AvgIpc) is 1.85. The molecule has 0 aromatic heterocycles. The van der Waals surface area contributed by atoms with E-state index in [2.05, 4.69) is 0 Å². The second-order valence-electron chi connectivity index (χ2n) is 1.46. The molecule has 0 heterocycles. The Hall–Kier alpha value is -0.450. The van der Waals surface area contributed by atoms with Gasteiger partial charge >= 0.3 is 0 Å². The van der Waals surface area contributed by atoms with Gasteiger partial charge in [-0.1, -0.05) is 0 Å². The summed E-state index contributed by atoms with van der Waals surface area (Å²) >= 11 is 0.789. The molecule has 0 aliphatic heterocycles. The molecule has 0 fully saturated rings. The molecule has 0 aliphatic carbocycles. The molecule has 0 amide bonds. The SMILES string of the molecule is FC(F)C=CSC=CC(F)F. The zero-order valence-electron chi connectivity index (χ0n) is 5.38. The number of hydrogen-bond donors (Lipinski definition) is 0. The fourth-order valence-electron chi connectivity index (χ4n) is 0.255. The minimum Gasteiger partial charge on any atom is -0.206 e. The molecule has 0 unspecified atom stereocenters. The van der Waals surface area contributed by atoms with Crippen LogP contribution in [0, 0.1) is 0 Å². The van der Waals surface area contributed by atoms with Gasteiger partial charge in [-0.15, -0.1) is 11.8 Å². The van der Waals surface area contributed by atoms with Gasteiger partial charge in [0, 0.05) is 0 Å². The summed E-state index contributed by atoms with van der Waals surface area (Å²) in [4.78, 5) is 0. The Bertz CT molecular complexity index is 126. The summed E-state index contributed by atoms with van der Waals surface area (Å²) in [5, 5.41) is 2.12. The van der Waals surface area contributed by atoms with Gasteiger partial charge in [0.15, 0.2) is 0 Å². The van der Waals surface area contributed by atoms with Crippen molar-refractivity contribution in [1.82, 2.24) is 0 Å². The number of halogens is 4. The highest BCUT2D eigenvalue weighted by atomic mass is 32.2. The van der Waals surface area contributed by atoms with Gasteiger partial charge in [-0.3, -0.25) is 0 Å². The van der Waals surface area contributed by atoms with E-state index in [1.54, 1.807) is 0 Å². The fourth-order valence-corrected chi connectivity index (χ4v) is 0.765. The summed E-state index contributed by atoms with van der Waals surface area (Å²) < 4.78 is 45.4. The van der Waals surface area contributed by atoms with E-state index in [0.717, 1.165) is 22.6 Å². The monoisotopic (exact) mass is 186 g/mol. The van der Waals surface area contributed by atoms with E-state index in [9.17, 15) is 17.6 Å². The maximum Gasteiger partial charge on any atom is 0.257 e. The molecule has 0 spiro atoms. The van der Waals surface area contributed by atoms with Crippen molar-refractivity contribution in [2.75, 3.05) is 0 Å². The molecule has 0 saturated heterocycles. The molecule has 0 aromatic carbocycles. The second kappa shape index (κ2) is 6.27. The Morgan fingerprint density at radius 1 is 0.818 bits per heavy atom. The lowest BCUT2D eigenvalue weighted by atomic mass is 10.7. The van der Waals surface area contributed by atoms with E-state index >= 15 is 0 Å².